The van der Waals surface area contributed by atoms with Crippen LogP contribution in [0.5, 0.6) is 0 Å². The summed E-state index contributed by atoms with van der Waals surface area (Å²) in [6.07, 6.45) is 5.91. The molecule has 2 N–H and O–H groups in total. The van der Waals surface area contributed by atoms with Crippen LogP contribution in [-0.2, 0) is 6.54 Å². The van der Waals surface area contributed by atoms with E-state index in [9.17, 15) is 0 Å². The summed E-state index contributed by atoms with van der Waals surface area (Å²) in [6, 6.07) is 3.13. The van der Waals surface area contributed by atoms with Crippen LogP contribution in [0.1, 0.15) is 47.5 Å². The number of aliphatic imine (C=N–C) groups is 1. The Morgan fingerprint density at radius 3 is 2.44 bits per heavy atom. The number of guanidine groups is 1. The summed E-state index contributed by atoms with van der Waals surface area (Å²) in [5.41, 5.74) is 0. The molecule has 0 amide bonds. The number of nitrogens with one attached hydrogen (secondary N) is 2. The van der Waals surface area contributed by atoms with Crippen LogP contribution in [0.2, 0.25) is 0 Å². The Labute approximate surface area is 170 Å². The molecule has 0 aliphatic carbocycles. The van der Waals surface area contributed by atoms with E-state index in [1.165, 1.54) is 0 Å². The summed E-state index contributed by atoms with van der Waals surface area (Å²) >= 11 is 0. The van der Waals surface area contributed by atoms with E-state index >= 15 is 0 Å². The Morgan fingerprint density at radius 2 is 1.88 bits per heavy atom. The van der Waals surface area contributed by atoms with Crippen molar-refractivity contribution in [3.8, 4) is 0 Å². The smallest absolute Gasteiger partial charge is 0.191 e. The Hall–Kier alpha value is -0.830. The van der Waals surface area contributed by atoms with Crippen LogP contribution >= 0.6 is 24.0 Å². The third-order valence-corrected chi connectivity index (χ3v) is 3.93. The molecule has 6 nitrogen and oxygen atoms in total. The number of hydrogen-bond acceptors (Lipinski definition) is 3. The molecule has 1 heterocycles. The summed E-state index contributed by atoms with van der Waals surface area (Å²) < 4.78 is 1.95. The number of halogens is 1. The molecule has 0 aliphatic heterocycles. The minimum absolute atomic E-state index is 0. The first-order valence-electron chi connectivity index (χ1n) is 9.30. The van der Waals surface area contributed by atoms with E-state index < -0.39 is 0 Å². The summed E-state index contributed by atoms with van der Waals surface area (Å²) in [5, 5.41) is 11.0. The molecule has 0 unspecified atom stereocenters. The van der Waals surface area contributed by atoms with E-state index in [1.807, 2.05) is 23.1 Å². The molecule has 0 atom stereocenters. The van der Waals surface area contributed by atoms with Gasteiger partial charge in [0.05, 0.1) is 0 Å². The molecular formula is C18H37IN6. The minimum atomic E-state index is 0. The first-order valence-corrected chi connectivity index (χ1v) is 9.30. The van der Waals surface area contributed by atoms with Gasteiger partial charge in [-0.15, -0.1) is 24.0 Å². The van der Waals surface area contributed by atoms with Crippen LogP contribution in [-0.4, -0.2) is 58.9 Å². The van der Waals surface area contributed by atoms with Gasteiger partial charge in [0.15, 0.2) is 5.96 Å². The van der Waals surface area contributed by atoms with Gasteiger partial charge in [-0.1, -0.05) is 0 Å². The van der Waals surface area contributed by atoms with Crippen LogP contribution in [0, 0.1) is 0 Å². The monoisotopic (exact) mass is 464 g/mol. The summed E-state index contributed by atoms with van der Waals surface area (Å²) in [7, 11) is 0. The lowest BCUT2D eigenvalue weighted by Crippen LogP contribution is -2.41. The third kappa shape index (κ3) is 10.7. The van der Waals surface area contributed by atoms with Gasteiger partial charge in [0.25, 0.3) is 0 Å². The topological polar surface area (TPSA) is 57.5 Å². The van der Waals surface area contributed by atoms with Crippen LogP contribution in [0.15, 0.2) is 23.5 Å². The quantitative estimate of drug-likeness (QED) is 0.229. The van der Waals surface area contributed by atoms with Crippen LogP contribution in [0.4, 0.5) is 0 Å². The molecule has 0 fully saturated rings. The first kappa shape index (κ1) is 24.2. The fourth-order valence-corrected chi connectivity index (χ4v) is 2.78. The van der Waals surface area contributed by atoms with Crippen molar-refractivity contribution in [3.63, 3.8) is 0 Å². The van der Waals surface area contributed by atoms with Crippen molar-refractivity contribution in [1.29, 1.82) is 0 Å². The molecule has 25 heavy (non-hydrogen) atoms. The number of hydrogen-bond donors (Lipinski definition) is 2. The van der Waals surface area contributed by atoms with E-state index in [-0.39, 0.29) is 24.0 Å². The van der Waals surface area contributed by atoms with Crippen molar-refractivity contribution in [2.24, 2.45) is 4.99 Å². The van der Waals surface area contributed by atoms with Gasteiger partial charge in [-0.2, -0.15) is 5.10 Å². The number of nitrogens with zero attached hydrogens (tertiary/aromatic N) is 4. The maximum absolute atomic E-state index is 4.64. The van der Waals surface area contributed by atoms with E-state index in [0.717, 1.165) is 51.5 Å². The molecule has 0 spiro atoms. The van der Waals surface area contributed by atoms with Gasteiger partial charge in [0.2, 0.25) is 0 Å². The summed E-state index contributed by atoms with van der Waals surface area (Å²) in [4.78, 5) is 7.16. The largest absolute Gasteiger partial charge is 0.357 e. The highest BCUT2D eigenvalue weighted by Gasteiger charge is 2.12. The fraction of sp³-hybridized carbons (Fsp3) is 0.778. The van der Waals surface area contributed by atoms with Crippen molar-refractivity contribution in [3.05, 3.63) is 18.5 Å². The predicted molar refractivity (Wildman–Crippen MR) is 118 cm³/mol. The molecule has 0 saturated carbocycles. The van der Waals surface area contributed by atoms with Crippen molar-refractivity contribution < 1.29 is 0 Å². The van der Waals surface area contributed by atoms with Crippen molar-refractivity contribution in [2.45, 2.75) is 66.1 Å². The standard InChI is InChI=1S/C18H36N6.HI/c1-6-19-18(20-10-7-13-23-14-9-12-22-23)21-11-8-15-24(16(2)3)17(4)5;/h9,12,14,16-17H,6-8,10-11,13,15H2,1-5H3,(H2,19,20,21);1H. The lowest BCUT2D eigenvalue weighted by Gasteiger charge is -2.30. The van der Waals surface area contributed by atoms with Crippen LogP contribution in [0.25, 0.3) is 0 Å². The summed E-state index contributed by atoms with van der Waals surface area (Å²) in [5.74, 6) is 0.915. The van der Waals surface area contributed by atoms with Gasteiger partial charge >= 0.3 is 0 Å². The predicted octanol–water partition coefficient (Wildman–Crippen LogP) is 2.96. The second kappa shape index (κ2) is 14.4. The lowest BCUT2D eigenvalue weighted by atomic mass is 10.2. The average Bonchev–Trinajstić information content (AvgIpc) is 3.03. The Bertz CT molecular complexity index is 436. The van der Waals surface area contributed by atoms with E-state index in [1.54, 1.807) is 0 Å². The van der Waals surface area contributed by atoms with Crippen LogP contribution in [0.3, 0.4) is 0 Å². The highest BCUT2D eigenvalue weighted by Crippen LogP contribution is 2.05. The maximum Gasteiger partial charge on any atom is 0.191 e. The normalized spacial score (nSPS) is 11.9. The van der Waals surface area contributed by atoms with Gasteiger partial charge < -0.3 is 10.6 Å². The maximum atomic E-state index is 4.64. The lowest BCUT2D eigenvalue weighted by molar-refractivity contribution is 0.173. The van der Waals surface area contributed by atoms with Gasteiger partial charge in [0, 0.05) is 57.2 Å². The Balaban J connectivity index is 0.00000576. The van der Waals surface area contributed by atoms with Crippen LogP contribution < -0.4 is 10.6 Å². The third-order valence-electron chi connectivity index (χ3n) is 3.93. The number of aryl methyl sites for hydroxylation is 1. The molecule has 0 aromatic carbocycles. The van der Waals surface area contributed by atoms with Crippen molar-refractivity contribution in [2.75, 3.05) is 26.2 Å². The highest BCUT2D eigenvalue weighted by atomic mass is 127. The van der Waals surface area contributed by atoms with Gasteiger partial charge in [0.1, 0.15) is 0 Å². The highest BCUT2D eigenvalue weighted by molar-refractivity contribution is 14.0. The fourth-order valence-electron chi connectivity index (χ4n) is 2.78. The zero-order valence-electron chi connectivity index (χ0n) is 16.5. The average molecular weight is 464 g/mol. The molecule has 1 aromatic rings. The molecule has 0 bridgehead atoms. The summed E-state index contributed by atoms with van der Waals surface area (Å²) in [6.45, 7) is 15.8. The van der Waals surface area contributed by atoms with E-state index in [2.05, 4.69) is 60.2 Å². The Morgan fingerprint density at radius 1 is 1.16 bits per heavy atom. The van der Waals surface area contributed by atoms with Gasteiger partial charge in [-0.3, -0.25) is 14.6 Å². The molecule has 0 saturated heterocycles. The molecule has 1 aromatic heterocycles. The molecule has 146 valence electrons. The molecule has 7 heteroatoms. The molecule has 0 aliphatic rings. The Kier molecular flexibility index (Phi) is 13.9. The zero-order chi connectivity index (χ0) is 17.8. The molecule has 1 rings (SSSR count). The second-order valence-electron chi connectivity index (χ2n) is 6.59. The second-order valence-corrected chi connectivity index (χ2v) is 6.59. The van der Waals surface area contributed by atoms with Gasteiger partial charge in [-0.25, -0.2) is 0 Å². The molecule has 0 radical (unpaired) electrons. The first-order chi connectivity index (χ1) is 11.5. The van der Waals surface area contributed by atoms with E-state index in [0.29, 0.717) is 12.1 Å². The minimum Gasteiger partial charge on any atom is -0.357 e. The zero-order valence-corrected chi connectivity index (χ0v) is 18.9. The molecular weight excluding hydrogens is 427 g/mol. The van der Waals surface area contributed by atoms with E-state index in [4.69, 9.17) is 0 Å². The number of rotatable bonds is 11. The number of aromatic nitrogens is 2. The van der Waals surface area contributed by atoms with Crippen molar-refractivity contribution >= 4 is 29.9 Å². The van der Waals surface area contributed by atoms with Gasteiger partial charge in [-0.05, 0) is 53.5 Å². The SMILES string of the molecule is CCNC(=NCCCn1cccn1)NCCCN(C(C)C)C(C)C.I. The van der Waals surface area contributed by atoms with Crippen molar-refractivity contribution in [1.82, 2.24) is 25.3 Å².